The van der Waals surface area contributed by atoms with E-state index in [4.69, 9.17) is 15.7 Å². The second kappa shape index (κ2) is 35.3. The summed E-state index contributed by atoms with van der Waals surface area (Å²) in [6.07, 6.45) is 0. The minimum absolute atomic E-state index is 0.180. The molecule has 0 aliphatic heterocycles. The van der Waals surface area contributed by atoms with Crippen LogP contribution in [0.1, 0.15) is 6.85 Å². The summed E-state index contributed by atoms with van der Waals surface area (Å²) in [6.45, 7) is 0. The number of rotatable bonds is 12. The monoisotopic (exact) mass is 1970 g/mol. The zero-order valence-electron chi connectivity index (χ0n) is 85.0. The lowest BCUT2D eigenvalue weighted by atomic mass is 9.96. The number of anilines is 9. The van der Waals surface area contributed by atoms with Crippen molar-refractivity contribution in [2.75, 3.05) is 14.7 Å². The van der Waals surface area contributed by atoms with Gasteiger partial charge in [-0.15, -0.1) is 45.3 Å². The maximum Gasteiger partial charge on any atom is 0.143 e. The molecule has 32 aromatic rings. The Kier molecular flexibility index (Phi) is 19.2. The van der Waals surface area contributed by atoms with Gasteiger partial charge in [0.05, 0.1) is 34.3 Å². The summed E-state index contributed by atoms with van der Waals surface area (Å²) in [7, 11) is 0. The SMILES string of the molecule is [2H]c1c([2H])c([2H])c(-c2ccc(N(c3ccc4oc5ccccc5c4c3)c3cc4c5ccc6ccccc6c5sc4c4ccccc34)cc2)c([2H])c1[2H].c1ccc(-c2cc(N(c3ccc4oc5c6ccccc6ccc5c4c3)c3cc4c5ccccc5sc4c4ccccc34)cc3ccccc23)cc1.c1ccc(-c2ccc3cc(N(c4cc5c6ccccc6sc5c5ccccc45)c4cccc5c4sc4c6ccccc6ccc54)ccc3c2)cc1. The van der Waals surface area contributed by atoms with E-state index in [1.807, 2.05) is 93.9 Å². The normalized spacial score (nSPS) is 12.4. The van der Waals surface area contributed by atoms with Crippen LogP contribution in [-0.4, -0.2) is 0 Å². The minimum atomic E-state index is -0.403. The fourth-order valence-corrected chi connectivity index (χ4v) is 28.1. The van der Waals surface area contributed by atoms with E-state index in [9.17, 15) is 0 Å². The molecule has 5 nitrogen and oxygen atoms in total. The zero-order chi connectivity index (χ0) is 102. The molecule has 0 N–H and O–H groups in total. The van der Waals surface area contributed by atoms with Gasteiger partial charge in [0, 0.05) is 164 Å². The van der Waals surface area contributed by atoms with E-state index in [1.54, 1.807) is 0 Å². The molecule has 0 amide bonds. The fourth-order valence-electron chi connectivity index (χ4n) is 23.0. The van der Waals surface area contributed by atoms with Crippen molar-refractivity contribution in [2.24, 2.45) is 0 Å². The molecule has 0 saturated carbocycles. The second-order valence-electron chi connectivity index (χ2n) is 38.3. The predicted molar refractivity (Wildman–Crippen MR) is 646 cm³/mol. The van der Waals surface area contributed by atoms with Gasteiger partial charge in [0.15, 0.2) is 0 Å². The van der Waals surface area contributed by atoms with Crippen LogP contribution in [0.25, 0.3) is 244 Å². The Balaban J connectivity index is 0.000000105. The Bertz CT molecular complexity index is 11400. The van der Waals surface area contributed by atoms with Gasteiger partial charge >= 0.3 is 0 Å². The van der Waals surface area contributed by atoms with Crippen LogP contribution in [0.4, 0.5) is 51.2 Å². The maximum absolute atomic E-state index is 8.58. The van der Waals surface area contributed by atoms with Gasteiger partial charge in [0.1, 0.15) is 22.3 Å². The zero-order valence-corrected chi connectivity index (χ0v) is 83.2. The third-order valence-corrected chi connectivity index (χ3v) is 34.9. The lowest BCUT2D eigenvalue weighted by Crippen LogP contribution is -2.11. The molecular weight excluding hydrogens is 1880 g/mol. The van der Waals surface area contributed by atoms with Crippen LogP contribution in [-0.2, 0) is 0 Å². The van der Waals surface area contributed by atoms with Crippen LogP contribution in [0.2, 0.25) is 0 Å². The molecule has 0 aliphatic rings. The van der Waals surface area contributed by atoms with Gasteiger partial charge in [-0.05, 0) is 209 Å². The van der Waals surface area contributed by atoms with Gasteiger partial charge in [-0.1, -0.05) is 388 Å². The summed E-state index contributed by atoms with van der Waals surface area (Å²) in [6, 6.07) is 173. The van der Waals surface area contributed by atoms with E-state index in [1.165, 1.54) is 184 Å². The molecule has 0 bridgehead atoms. The summed E-state index contributed by atoms with van der Waals surface area (Å²) in [5.74, 6) is 0. The van der Waals surface area contributed by atoms with Crippen LogP contribution >= 0.6 is 45.3 Å². The summed E-state index contributed by atoms with van der Waals surface area (Å²) < 4.78 is 64.9. The van der Waals surface area contributed by atoms with E-state index >= 15 is 0 Å². The van der Waals surface area contributed by atoms with E-state index in [-0.39, 0.29) is 29.7 Å². The number of furan rings is 2. The Morgan fingerprint density at radius 3 is 1.16 bits per heavy atom. The summed E-state index contributed by atoms with van der Waals surface area (Å²) >= 11 is 7.52. The van der Waals surface area contributed by atoms with Crippen LogP contribution in [0.3, 0.4) is 0 Å². The number of benzene rings is 26. The molecule has 0 radical (unpaired) electrons. The van der Waals surface area contributed by atoms with E-state index in [2.05, 4.69) is 451 Å². The van der Waals surface area contributed by atoms with Crippen molar-refractivity contribution in [3.05, 3.63) is 516 Å². The van der Waals surface area contributed by atoms with Gasteiger partial charge in [-0.3, -0.25) is 0 Å². The van der Waals surface area contributed by atoms with Gasteiger partial charge in [0.2, 0.25) is 0 Å². The van der Waals surface area contributed by atoms with E-state index in [0.717, 1.165) is 99.8 Å². The molecule has 6 heterocycles. The van der Waals surface area contributed by atoms with Crippen molar-refractivity contribution in [3.8, 4) is 33.4 Å². The first kappa shape index (κ1) is 81.0. The van der Waals surface area contributed by atoms with E-state index < -0.39 is 6.04 Å². The largest absolute Gasteiger partial charge is 0.456 e. The van der Waals surface area contributed by atoms with Crippen LogP contribution in [0, 0.1) is 0 Å². The van der Waals surface area contributed by atoms with Crippen molar-refractivity contribution in [1.29, 1.82) is 0 Å². The molecule has 0 unspecified atom stereocenters. The van der Waals surface area contributed by atoms with Crippen molar-refractivity contribution in [1.82, 2.24) is 0 Å². The summed E-state index contributed by atoms with van der Waals surface area (Å²) in [5.41, 5.74) is 18.7. The molecule has 32 rings (SSSR count). The van der Waals surface area contributed by atoms with Crippen molar-refractivity contribution in [3.63, 3.8) is 0 Å². The highest BCUT2D eigenvalue weighted by molar-refractivity contribution is 7.28. The molecular formula is C140H85N3O2S4. The highest BCUT2D eigenvalue weighted by atomic mass is 32.1. The van der Waals surface area contributed by atoms with Crippen LogP contribution in [0.5, 0.6) is 0 Å². The standard InChI is InChI=1S/C48H29NOS.C48H29NS2.C44H27NOS/c1-2-12-30(13-3-1)41-28-34(26-32-15-5-6-16-35(32)41)49(33-23-25-45-42(27-33)39-24-22-31-14-4-7-17-36(31)47(39)50-45)44-29-43-38-19-10-11-21-46(38)51-48(43)40-20-9-8-18-37(40)44;1-2-11-30(12-3-1)32-21-22-34-28-35(25-23-33(34)27-32)49(43-19-10-18-40-41-26-24-31-13-4-5-14-36(31)46(41)51-48(40)43)44-29-42-38-16-8-9-20-45(38)50-47(42)39-17-7-6-15-37(39)44;1-2-10-28(11-3-1)29-18-21-31(22-19-29)45(32-23-25-42-38(26-32)35-15-8-9-17-41(35)46-42)40-27-39-37-24-20-30-12-4-5-13-33(30)43(37)47-44(39)36-16-7-6-14-34(36)40/h2*1-29H;1-27H/i;;1D,2D,3D,10D,11D. The van der Waals surface area contributed by atoms with Gasteiger partial charge in [-0.2, -0.15) is 0 Å². The average molecular weight is 1970 g/mol. The van der Waals surface area contributed by atoms with Gasteiger partial charge in [-0.25, -0.2) is 0 Å². The van der Waals surface area contributed by atoms with Gasteiger partial charge in [0.25, 0.3) is 0 Å². The summed E-state index contributed by atoms with van der Waals surface area (Å²) in [5, 5.41) is 34.0. The Labute approximate surface area is 879 Å². The third kappa shape index (κ3) is 14.4. The van der Waals surface area contributed by atoms with Crippen molar-refractivity contribution < 1.29 is 15.7 Å². The van der Waals surface area contributed by atoms with Gasteiger partial charge < -0.3 is 23.5 Å². The number of hydrogen-bond acceptors (Lipinski definition) is 9. The molecule has 0 atom stereocenters. The van der Waals surface area contributed by atoms with Crippen LogP contribution in [0.15, 0.2) is 524 Å². The van der Waals surface area contributed by atoms with Crippen molar-refractivity contribution in [2.45, 2.75) is 0 Å². The first-order valence-corrected chi connectivity index (χ1v) is 53.5. The predicted octanol–water partition coefficient (Wildman–Crippen LogP) is 43.0. The second-order valence-corrected chi connectivity index (χ2v) is 42.5. The third-order valence-electron chi connectivity index (χ3n) is 29.9. The lowest BCUT2D eigenvalue weighted by Gasteiger charge is -2.28. The molecule has 26 aromatic carbocycles. The number of para-hydroxylation sites is 1. The summed E-state index contributed by atoms with van der Waals surface area (Å²) in [4.78, 5) is 7.24. The van der Waals surface area contributed by atoms with Crippen LogP contribution < -0.4 is 14.7 Å². The number of fused-ring (bicyclic) bond motifs is 32. The molecule has 9 heteroatoms. The molecule has 6 aromatic heterocycles. The number of thiophene rings is 4. The topological polar surface area (TPSA) is 36.0 Å². The smallest absolute Gasteiger partial charge is 0.143 e. The quantitative estimate of drug-likeness (QED) is 0.122. The lowest BCUT2D eigenvalue weighted by molar-refractivity contribution is 0.669. The first-order chi connectivity index (χ1) is 75.9. The molecule has 0 saturated heterocycles. The maximum atomic E-state index is 8.58. The highest BCUT2D eigenvalue weighted by Gasteiger charge is 2.29. The molecule has 0 fully saturated rings. The average Bonchev–Trinajstić information content (AvgIpc) is 1.55. The van der Waals surface area contributed by atoms with E-state index in [0.29, 0.717) is 5.56 Å². The number of hydrogen-bond donors (Lipinski definition) is 0. The van der Waals surface area contributed by atoms with Crippen molar-refractivity contribution >= 4 is 307 Å². The molecule has 0 aliphatic carbocycles. The Morgan fingerprint density at radius 2 is 0.544 bits per heavy atom. The fraction of sp³-hybridized carbons (Fsp3) is 0. The molecule has 696 valence electrons. The Morgan fingerprint density at radius 1 is 0.168 bits per heavy atom. The first-order valence-electron chi connectivity index (χ1n) is 52.7. The Hall–Kier alpha value is -18.3. The highest BCUT2D eigenvalue weighted by Crippen LogP contribution is 2.56. The minimum Gasteiger partial charge on any atom is -0.456 e. The number of nitrogens with zero attached hydrogens (tertiary/aromatic N) is 3. The molecule has 149 heavy (non-hydrogen) atoms. The molecule has 0 spiro atoms.